The van der Waals surface area contributed by atoms with E-state index < -0.39 is 69.4 Å². The number of esters is 1. The molecule has 0 radical (unpaired) electrons. The molecule has 204 valence electrons. The summed E-state index contributed by atoms with van der Waals surface area (Å²) in [6.45, 7) is 4.12. The van der Waals surface area contributed by atoms with Gasteiger partial charge in [0, 0.05) is 23.2 Å². The number of halogens is 1. The lowest BCUT2D eigenvalue weighted by Gasteiger charge is -2.62. The van der Waals surface area contributed by atoms with Crippen molar-refractivity contribution in [3.8, 4) is 0 Å². The predicted molar refractivity (Wildman–Crippen MR) is 126 cm³/mol. The number of aliphatic hydroxyl groups is 2. The predicted octanol–water partition coefficient (Wildman–Crippen LogP) is 2.44. The number of aliphatic hydroxyl groups excluding tert-OH is 1. The highest BCUT2D eigenvalue weighted by Gasteiger charge is 2.75. The zero-order valence-corrected chi connectivity index (χ0v) is 21.3. The van der Waals surface area contributed by atoms with Crippen LogP contribution in [0.15, 0.2) is 23.8 Å². The molecule has 0 bridgehead atoms. The average Bonchev–Trinajstić information content (AvgIpc) is 3.03. The third-order valence-electron chi connectivity index (χ3n) is 9.73. The molecule has 0 heterocycles. The van der Waals surface area contributed by atoms with Gasteiger partial charge in [0.1, 0.15) is 5.60 Å². The Balaban J connectivity index is 1.54. The van der Waals surface area contributed by atoms with Crippen LogP contribution in [0.1, 0.15) is 59.3 Å². The van der Waals surface area contributed by atoms with E-state index >= 15 is 4.39 Å². The summed E-state index contributed by atoms with van der Waals surface area (Å²) in [5.41, 5.74) is -5.72. The van der Waals surface area contributed by atoms with Crippen molar-refractivity contribution < 1.29 is 43.6 Å². The summed E-state index contributed by atoms with van der Waals surface area (Å²) in [5.74, 6) is -3.35. The summed E-state index contributed by atoms with van der Waals surface area (Å²) in [5, 5.41) is 32.4. The molecule has 2 N–H and O–H groups in total. The van der Waals surface area contributed by atoms with Gasteiger partial charge in [-0.05, 0) is 63.0 Å². The van der Waals surface area contributed by atoms with Crippen LogP contribution in [0.5, 0.6) is 0 Å². The number of Topliss-reactive ketones (excluding diaryl/α,β-unsaturated/α-hetero) is 1. The van der Waals surface area contributed by atoms with Crippen molar-refractivity contribution in [3.05, 3.63) is 33.9 Å². The molecule has 3 saturated carbocycles. The molecule has 8 atom stereocenters. The normalized spacial score (nSPS) is 42.2. The van der Waals surface area contributed by atoms with Gasteiger partial charge >= 0.3 is 5.97 Å². The maximum atomic E-state index is 17.2. The highest BCUT2D eigenvalue weighted by molar-refractivity contribution is 6.01. The van der Waals surface area contributed by atoms with E-state index in [0.717, 1.165) is 0 Å². The zero-order chi connectivity index (χ0) is 27.4. The molecule has 0 aliphatic heterocycles. The van der Waals surface area contributed by atoms with Crippen LogP contribution in [0.3, 0.4) is 0 Å². The summed E-state index contributed by atoms with van der Waals surface area (Å²) >= 11 is 0. The fraction of sp³-hybridized carbons (Fsp3) is 0.731. The molecule has 11 heteroatoms. The van der Waals surface area contributed by atoms with E-state index in [4.69, 9.17) is 4.74 Å². The Labute approximate surface area is 214 Å². The smallest absolute Gasteiger partial charge is 0.306 e. The summed E-state index contributed by atoms with van der Waals surface area (Å²) in [6.07, 6.45) is 3.68. The number of carbonyl (C=O) groups excluding carboxylic acids is 3. The molecule has 0 spiro atoms. The molecule has 4 rings (SSSR count). The molecule has 4 aliphatic carbocycles. The van der Waals surface area contributed by atoms with Gasteiger partial charge in [0.25, 0.3) is 5.09 Å². The minimum Gasteiger partial charge on any atom is -0.458 e. The van der Waals surface area contributed by atoms with Crippen molar-refractivity contribution in [2.75, 3.05) is 13.2 Å². The second-order valence-corrected chi connectivity index (χ2v) is 11.4. The Morgan fingerprint density at radius 2 is 2.00 bits per heavy atom. The monoisotopic (exact) mass is 523 g/mol. The van der Waals surface area contributed by atoms with Crippen LogP contribution < -0.4 is 0 Å². The van der Waals surface area contributed by atoms with Gasteiger partial charge in [0.05, 0.1) is 12.7 Å². The molecule has 0 amide bonds. The van der Waals surface area contributed by atoms with Gasteiger partial charge in [0.2, 0.25) is 5.78 Å². The van der Waals surface area contributed by atoms with Gasteiger partial charge < -0.3 is 19.8 Å². The Bertz CT molecular complexity index is 1070. The maximum Gasteiger partial charge on any atom is 0.306 e. The Morgan fingerprint density at radius 1 is 1.30 bits per heavy atom. The first-order chi connectivity index (χ1) is 17.2. The van der Waals surface area contributed by atoms with Crippen molar-refractivity contribution >= 4 is 17.5 Å². The topological polar surface area (TPSA) is 153 Å². The van der Waals surface area contributed by atoms with Gasteiger partial charge in [0.15, 0.2) is 18.1 Å². The molecule has 0 aromatic heterocycles. The minimum atomic E-state index is -2.08. The van der Waals surface area contributed by atoms with Crippen LogP contribution in [0, 0.1) is 38.7 Å². The van der Waals surface area contributed by atoms with Crippen LogP contribution in [0.25, 0.3) is 0 Å². The first-order valence-electron chi connectivity index (χ1n) is 12.7. The molecular weight excluding hydrogens is 489 g/mol. The molecule has 0 saturated heterocycles. The van der Waals surface area contributed by atoms with E-state index in [2.05, 4.69) is 4.84 Å². The molecule has 10 nitrogen and oxygen atoms in total. The van der Waals surface area contributed by atoms with Crippen molar-refractivity contribution in [3.63, 3.8) is 0 Å². The van der Waals surface area contributed by atoms with Gasteiger partial charge in [-0.3, -0.25) is 14.4 Å². The van der Waals surface area contributed by atoms with Crippen LogP contribution in [-0.4, -0.2) is 63.4 Å². The molecule has 4 aliphatic rings. The summed E-state index contributed by atoms with van der Waals surface area (Å²) in [4.78, 5) is 51.7. The Morgan fingerprint density at radius 3 is 2.68 bits per heavy atom. The first-order valence-corrected chi connectivity index (χ1v) is 12.7. The van der Waals surface area contributed by atoms with Crippen LogP contribution in [0.4, 0.5) is 4.39 Å². The zero-order valence-electron chi connectivity index (χ0n) is 21.3. The van der Waals surface area contributed by atoms with E-state index in [0.29, 0.717) is 24.8 Å². The van der Waals surface area contributed by atoms with Crippen LogP contribution in [0.2, 0.25) is 0 Å². The number of rotatable bonds is 8. The first kappa shape index (κ1) is 27.4. The lowest BCUT2D eigenvalue weighted by Crippen LogP contribution is -2.69. The second kappa shape index (κ2) is 9.27. The van der Waals surface area contributed by atoms with Crippen molar-refractivity contribution in [1.29, 1.82) is 0 Å². The van der Waals surface area contributed by atoms with Crippen LogP contribution >= 0.6 is 0 Å². The Hall–Kier alpha value is -2.66. The summed E-state index contributed by atoms with van der Waals surface area (Å²) in [6, 6.07) is 0. The fourth-order valence-electron chi connectivity index (χ4n) is 7.82. The van der Waals surface area contributed by atoms with E-state index in [1.165, 1.54) is 12.2 Å². The standard InChI is InChI=1S/C26H34FNO9/c1-15-11-19-18-7-6-16-12-17(29)8-9-23(16,2)25(18,27)20(30)13-24(19,3)26(15,33)21(31)14-36-22(32)5-4-10-37-28(34)35/h8-9,12,15,18-20,30,33H,4-7,10-11,13-14H2,1-3H3/t15-,18+,19+,20+,23+,24+,25+,26+/m1/s1. The average molecular weight is 524 g/mol. The molecule has 37 heavy (non-hydrogen) atoms. The van der Waals surface area contributed by atoms with Crippen LogP contribution in [-0.2, 0) is 24.0 Å². The lowest BCUT2D eigenvalue weighted by molar-refractivity contribution is -0.757. The SMILES string of the molecule is C[C@@H]1C[C@H]2[C@@H]3CCC4=CC(=O)C=C[C@]4(C)[C@@]3(F)[C@@H](O)C[C@]2(C)[C@@]1(O)C(=O)COC(=O)CCCO[N+](=O)[O-]. The number of hydrogen-bond acceptors (Lipinski definition) is 9. The van der Waals surface area contributed by atoms with Gasteiger partial charge in [-0.25, -0.2) is 4.39 Å². The van der Waals surface area contributed by atoms with E-state index in [1.54, 1.807) is 26.8 Å². The number of alkyl halides is 1. The largest absolute Gasteiger partial charge is 0.458 e. The van der Waals surface area contributed by atoms with Gasteiger partial charge in [-0.2, -0.15) is 0 Å². The highest BCUT2D eigenvalue weighted by Crippen LogP contribution is 2.70. The number of carbonyl (C=O) groups is 3. The van der Waals surface area contributed by atoms with Gasteiger partial charge in [-0.15, -0.1) is 10.1 Å². The number of allylic oxidation sites excluding steroid dienone is 4. The van der Waals surface area contributed by atoms with E-state index in [9.17, 15) is 34.7 Å². The number of nitrogens with zero attached hydrogens (tertiary/aromatic N) is 1. The molecule has 0 unspecified atom stereocenters. The Kier molecular flexibility index (Phi) is 6.86. The maximum absolute atomic E-state index is 17.2. The lowest BCUT2D eigenvalue weighted by atomic mass is 9.44. The van der Waals surface area contributed by atoms with E-state index in [-0.39, 0.29) is 31.7 Å². The second-order valence-electron chi connectivity index (χ2n) is 11.4. The summed E-state index contributed by atoms with van der Waals surface area (Å²) in [7, 11) is 0. The summed E-state index contributed by atoms with van der Waals surface area (Å²) < 4.78 is 22.2. The fourth-order valence-corrected chi connectivity index (χ4v) is 7.82. The van der Waals surface area contributed by atoms with Crippen molar-refractivity contribution in [2.45, 2.75) is 76.7 Å². The number of ether oxygens (including phenoxy) is 1. The molecule has 3 fully saturated rings. The minimum absolute atomic E-state index is 0.0240. The third kappa shape index (κ3) is 3.93. The number of hydrogen-bond donors (Lipinski definition) is 2. The number of ketones is 2. The molecule has 0 aromatic carbocycles. The van der Waals surface area contributed by atoms with Crippen molar-refractivity contribution in [2.24, 2.45) is 28.6 Å². The van der Waals surface area contributed by atoms with Gasteiger partial charge in [-0.1, -0.05) is 25.5 Å². The highest BCUT2D eigenvalue weighted by atomic mass is 19.1. The molecular formula is C26H34FNO9. The van der Waals surface area contributed by atoms with E-state index in [1.807, 2.05) is 0 Å². The quantitative estimate of drug-likeness (QED) is 0.211. The number of fused-ring (bicyclic) bond motifs is 5. The third-order valence-corrected chi connectivity index (χ3v) is 9.73. The van der Waals surface area contributed by atoms with Crippen molar-refractivity contribution in [1.82, 2.24) is 0 Å². The molecule has 0 aromatic rings.